The molecule has 2 N–H and O–H groups in total. The summed E-state index contributed by atoms with van der Waals surface area (Å²) in [5.74, 6) is -3.28. The van der Waals surface area contributed by atoms with E-state index in [9.17, 15) is 23.6 Å². The zero-order valence-electron chi connectivity index (χ0n) is 18.4. The molecule has 1 unspecified atom stereocenters. The van der Waals surface area contributed by atoms with Gasteiger partial charge in [0.25, 0.3) is 0 Å². The van der Waals surface area contributed by atoms with Gasteiger partial charge in [0, 0.05) is 0 Å². The predicted molar refractivity (Wildman–Crippen MR) is 139 cm³/mol. The fraction of sp³-hybridized carbons (Fsp3) is 0.304. The molecule has 2 aromatic rings. The average molecular weight is 621 g/mol. The second-order valence-electron chi connectivity index (χ2n) is 7.66. The Morgan fingerprint density at radius 3 is 2.41 bits per heavy atom. The van der Waals surface area contributed by atoms with Gasteiger partial charge >= 0.3 is 214 Å². The van der Waals surface area contributed by atoms with Crippen molar-refractivity contribution in [1.29, 1.82) is 0 Å². The fourth-order valence-electron chi connectivity index (χ4n) is 3.46. The maximum atomic E-state index is 13.6. The second-order valence-corrected chi connectivity index (χ2v) is 15.3. The Balaban J connectivity index is 1.89. The standard InChI is InChI=1S/C23H23ClFIN2O5S/c1-26(2)14(23(33)27-15(11-22(31)32)18(29)12-25)10-21(30)28-16-5-3-4-6-19(16)34-20-8-7-13(24)9-17(20)28/h3-9,14-15H,10-12H2,1-2H3,(H,27,33)(H,31,32)/t14-,15?/m1/s1. The molecule has 34 heavy (non-hydrogen) atoms. The SMILES string of the molecule is CI(C)[C@H](CC(=O)N1c2ccccc2Sc2ccc(Cl)cc21)C(=O)NC(CC(=O)O)C(=O)CF. The van der Waals surface area contributed by atoms with E-state index in [1.54, 1.807) is 17.0 Å². The molecule has 7 nitrogen and oxygen atoms in total. The maximum absolute atomic E-state index is 13.6. The van der Waals surface area contributed by atoms with Crippen LogP contribution in [0.25, 0.3) is 0 Å². The number of nitrogens with zero attached hydrogens (tertiary/aromatic N) is 1. The van der Waals surface area contributed by atoms with Crippen molar-refractivity contribution in [3.05, 3.63) is 47.5 Å². The van der Waals surface area contributed by atoms with Crippen LogP contribution in [-0.2, 0) is 19.2 Å². The van der Waals surface area contributed by atoms with Crippen molar-refractivity contribution >= 4 is 78.1 Å². The Morgan fingerprint density at radius 2 is 1.76 bits per heavy atom. The molecule has 0 bridgehead atoms. The van der Waals surface area contributed by atoms with Crippen LogP contribution in [0.4, 0.5) is 15.8 Å². The van der Waals surface area contributed by atoms with Gasteiger partial charge in [0.05, 0.1) is 0 Å². The first-order valence-corrected chi connectivity index (χ1v) is 16.9. The van der Waals surface area contributed by atoms with E-state index < -0.39 is 60.5 Å². The van der Waals surface area contributed by atoms with E-state index in [-0.39, 0.29) is 12.3 Å². The summed E-state index contributed by atoms with van der Waals surface area (Å²) >= 11 is 5.72. The van der Waals surface area contributed by atoms with Gasteiger partial charge < -0.3 is 0 Å². The summed E-state index contributed by atoms with van der Waals surface area (Å²) in [5, 5.41) is 11.9. The number of benzene rings is 2. The van der Waals surface area contributed by atoms with Crippen LogP contribution >= 0.6 is 43.2 Å². The van der Waals surface area contributed by atoms with Gasteiger partial charge in [-0.05, 0) is 0 Å². The second kappa shape index (κ2) is 11.5. The van der Waals surface area contributed by atoms with Crippen molar-refractivity contribution < 1.29 is 28.7 Å². The van der Waals surface area contributed by atoms with Crippen LogP contribution in [0.5, 0.6) is 0 Å². The topological polar surface area (TPSA) is 104 Å². The molecule has 0 spiro atoms. The van der Waals surface area contributed by atoms with Gasteiger partial charge in [-0.1, -0.05) is 0 Å². The van der Waals surface area contributed by atoms with Crippen LogP contribution in [0, 0.1) is 0 Å². The summed E-state index contributed by atoms with van der Waals surface area (Å²) in [6.45, 7) is -1.39. The normalized spacial score (nSPS) is 14.4. The number of nitrogens with one attached hydrogen (secondary N) is 1. The van der Waals surface area contributed by atoms with E-state index >= 15 is 0 Å². The van der Waals surface area contributed by atoms with Gasteiger partial charge in [-0.3, -0.25) is 0 Å². The van der Waals surface area contributed by atoms with E-state index in [4.69, 9.17) is 16.7 Å². The zero-order valence-corrected chi connectivity index (χ0v) is 22.1. The summed E-state index contributed by atoms with van der Waals surface area (Å²) in [5.41, 5.74) is 1.29. The molecular formula is C23H23ClFIN2O5S. The number of carbonyl (C=O) groups excluding carboxylic acids is 3. The number of hydrogen-bond acceptors (Lipinski definition) is 5. The molecule has 0 aromatic heterocycles. The number of amides is 2. The number of hydrogen-bond donors (Lipinski definition) is 2. The Hall–Kier alpha value is -2.18. The third-order valence-electron chi connectivity index (χ3n) is 5.12. The molecular weight excluding hydrogens is 598 g/mol. The number of alkyl halides is 4. The van der Waals surface area contributed by atoms with Crippen LogP contribution in [0.1, 0.15) is 12.8 Å². The van der Waals surface area contributed by atoms with Gasteiger partial charge in [0.15, 0.2) is 0 Å². The van der Waals surface area contributed by atoms with Gasteiger partial charge in [0.1, 0.15) is 0 Å². The molecule has 1 heterocycles. The van der Waals surface area contributed by atoms with Crippen molar-refractivity contribution in [3.63, 3.8) is 0 Å². The first kappa shape index (κ1) is 26.4. The van der Waals surface area contributed by atoms with E-state index in [0.29, 0.717) is 16.4 Å². The van der Waals surface area contributed by atoms with E-state index in [1.165, 1.54) is 11.8 Å². The van der Waals surface area contributed by atoms with E-state index in [1.807, 2.05) is 40.2 Å². The van der Waals surface area contributed by atoms with Crippen LogP contribution in [0.3, 0.4) is 0 Å². The molecule has 1 aliphatic heterocycles. The molecule has 0 fully saturated rings. The number of ketones is 1. The number of carboxylic acids is 1. The molecule has 2 atom stereocenters. The van der Waals surface area contributed by atoms with Gasteiger partial charge in [-0.25, -0.2) is 0 Å². The predicted octanol–water partition coefficient (Wildman–Crippen LogP) is 4.49. The van der Waals surface area contributed by atoms with Crippen molar-refractivity contribution in [2.45, 2.75) is 32.6 Å². The van der Waals surface area contributed by atoms with Crippen LogP contribution in [0.2, 0.25) is 5.02 Å². The summed E-state index contributed by atoms with van der Waals surface area (Å²) in [4.78, 5) is 56.6. The number of carboxylic acid groups (broad SMARTS) is 1. The summed E-state index contributed by atoms with van der Waals surface area (Å²) < 4.78 is 12.2. The quantitative estimate of drug-likeness (QED) is 0.316. The molecule has 0 saturated carbocycles. The number of aliphatic carboxylic acids is 1. The monoisotopic (exact) mass is 620 g/mol. The number of carbonyl (C=O) groups is 4. The Labute approximate surface area is 212 Å². The molecule has 0 radical (unpaired) electrons. The summed E-state index contributed by atoms with van der Waals surface area (Å²) in [6.07, 6.45) is -0.863. The molecule has 2 aromatic carbocycles. The van der Waals surface area contributed by atoms with Crippen molar-refractivity contribution in [1.82, 2.24) is 5.32 Å². The molecule has 0 aliphatic carbocycles. The molecule has 1 aliphatic rings. The van der Waals surface area contributed by atoms with Crippen LogP contribution in [-0.4, -0.2) is 55.2 Å². The average Bonchev–Trinajstić information content (AvgIpc) is 2.79. The summed E-state index contributed by atoms with van der Waals surface area (Å²) in [6, 6.07) is 11.2. The first-order chi connectivity index (χ1) is 16.1. The molecule has 11 heteroatoms. The molecule has 0 saturated heterocycles. The zero-order chi connectivity index (χ0) is 25.0. The molecule has 3 rings (SSSR count). The van der Waals surface area contributed by atoms with Crippen molar-refractivity contribution in [2.24, 2.45) is 0 Å². The van der Waals surface area contributed by atoms with Crippen molar-refractivity contribution in [2.75, 3.05) is 21.4 Å². The van der Waals surface area contributed by atoms with Crippen molar-refractivity contribution in [3.8, 4) is 0 Å². The Kier molecular flexibility index (Phi) is 8.94. The number of rotatable bonds is 9. The summed E-state index contributed by atoms with van der Waals surface area (Å²) in [7, 11) is 0. The molecule has 182 valence electrons. The number of halogens is 3. The minimum atomic E-state index is -2.01. The number of fused-ring (bicyclic) bond motifs is 2. The first-order valence-electron chi connectivity index (χ1n) is 10.1. The van der Waals surface area contributed by atoms with Gasteiger partial charge in [0.2, 0.25) is 0 Å². The van der Waals surface area contributed by atoms with E-state index in [2.05, 4.69) is 5.32 Å². The number of Topliss-reactive ketones (excluding diaryl/α,β-unsaturated/α-hetero) is 1. The fourth-order valence-corrected chi connectivity index (χ4v) is 7.24. The van der Waals surface area contributed by atoms with Crippen LogP contribution < -0.4 is 10.2 Å². The van der Waals surface area contributed by atoms with Gasteiger partial charge in [-0.15, -0.1) is 0 Å². The third-order valence-corrected chi connectivity index (χ3v) is 10.5. The van der Waals surface area contributed by atoms with E-state index in [0.717, 1.165) is 9.79 Å². The van der Waals surface area contributed by atoms with Gasteiger partial charge in [-0.2, -0.15) is 0 Å². The number of anilines is 2. The van der Waals surface area contributed by atoms with Crippen LogP contribution in [0.15, 0.2) is 52.3 Å². The molecule has 2 amide bonds. The minimum absolute atomic E-state index is 0.141. The Bertz CT molecular complexity index is 1130. The third kappa shape index (κ3) is 6.08. The number of para-hydroxylation sites is 1. The Morgan fingerprint density at radius 1 is 1.09 bits per heavy atom.